The van der Waals surface area contributed by atoms with Crippen molar-refractivity contribution in [2.24, 2.45) is 0 Å². The number of aliphatic carboxylic acids is 1. The van der Waals surface area contributed by atoms with Gasteiger partial charge >= 0.3 is 5.97 Å². The number of carboxylic acids is 1. The lowest BCUT2D eigenvalue weighted by molar-refractivity contribution is -0.131. The van der Waals surface area contributed by atoms with Crippen molar-refractivity contribution in [3.63, 3.8) is 0 Å². The third kappa shape index (κ3) is 2.44. The van der Waals surface area contributed by atoms with Crippen molar-refractivity contribution < 1.29 is 14.3 Å². The van der Waals surface area contributed by atoms with Crippen molar-refractivity contribution >= 4 is 23.4 Å². The molecule has 0 aromatic carbocycles. The van der Waals surface area contributed by atoms with E-state index >= 15 is 0 Å². The van der Waals surface area contributed by atoms with E-state index in [0.717, 1.165) is 25.3 Å². The molecule has 0 saturated carbocycles. The van der Waals surface area contributed by atoms with Crippen molar-refractivity contribution in [2.45, 2.75) is 25.2 Å². The largest absolute Gasteiger partial charge is 0.478 e. The number of hydrogen-bond acceptors (Lipinski definition) is 5. The normalized spacial score (nSPS) is 18.6. The second-order valence-electron chi connectivity index (χ2n) is 4.39. The highest BCUT2D eigenvalue weighted by Crippen LogP contribution is 2.38. The van der Waals surface area contributed by atoms with Gasteiger partial charge in [0, 0.05) is 17.0 Å². The molecule has 0 bridgehead atoms. The zero-order chi connectivity index (χ0) is 13.2. The van der Waals surface area contributed by atoms with E-state index < -0.39 is 5.97 Å². The lowest BCUT2D eigenvalue weighted by Crippen LogP contribution is -2.08. The van der Waals surface area contributed by atoms with Gasteiger partial charge in [-0.2, -0.15) is 0 Å². The second kappa shape index (κ2) is 4.97. The molecule has 6 heteroatoms. The minimum absolute atomic E-state index is 0.148. The monoisotopic (exact) mass is 276 g/mol. The lowest BCUT2D eigenvalue weighted by Gasteiger charge is -2.18. The third-order valence-electron chi connectivity index (χ3n) is 3.17. The molecule has 19 heavy (non-hydrogen) atoms. The summed E-state index contributed by atoms with van der Waals surface area (Å²) in [5.41, 5.74) is 1.27. The van der Waals surface area contributed by atoms with E-state index in [1.54, 1.807) is 11.3 Å². The van der Waals surface area contributed by atoms with Crippen LogP contribution in [0, 0.1) is 0 Å². The molecular formula is C13H12N2O3S. The average Bonchev–Trinajstić information content (AvgIpc) is 3.04. The third-order valence-corrected chi connectivity index (χ3v) is 4.17. The standard InChI is InChI=1S/C13H12N2O3S/c16-12(17)5-4-11-14-15-13(18-11)9-2-1-3-10-8(9)6-7-19-10/h4-7,9H,1-3H2,(H,16,17)/b5-4+. The SMILES string of the molecule is O=C(O)/C=C/c1nnc(C2CCCc3sccc32)o1. The Bertz CT molecular complexity index is 629. The van der Waals surface area contributed by atoms with Gasteiger partial charge in [0.2, 0.25) is 11.8 Å². The van der Waals surface area contributed by atoms with Gasteiger partial charge in [0.05, 0.1) is 5.92 Å². The number of carboxylic acid groups (broad SMARTS) is 1. The average molecular weight is 276 g/mol. The summed E-state index contributed by atoms with van der Waals surface area (Å²) in [6.07, 6.45) is 5.53. The Balaban J connectivity index is 1.87. The van der Waals surface area contributed by atoms with Crippen LogP contribution in [0.5, 0.6) is 0 Å². The first-order valence-electron chi connectivity index (χ1n) is 6.04. The zero-order valence-corrected chi connectivity index (χ0v) is 10.9. The van der Waals surface area contributed by atoms with Crippen molar-refractivity contribution in [1.82, 2.24) is 10.2 Å². The van der Waals surface area contributed by atoms with E-state index in [1.165, 1.54) is 16.5 Å². The summed E-state index contributed by atoms with van der Waals surface area (Å²) in [4.78, 5) is 11.8. The highest BCUT2D eigenvalue weighted by Gasteiger charge is 2.26. The van der Waals surface area contributed by atoms with Crippen LogP contribution in [0.4, 0.5) is 0 Å². The Kier molecular flexibility index (Phi) is 3.16. The number of aryl methyl sites for hydroxylation is 1. The molecule has 1 aliphatic rings. The number of thiophene rings is 1. The Morgan fingerprint density at radius 1 is 1.53 bits per heavy atom. The number of nitrogens with zero attached hydrogens (tertiary/aromatic N) is 2. The minimum Gasteiger partial charge on any atom is -0.478 e. The van der Waals surface area contributed by atoms with Gasteiger partial charge in [-0.05, 0) is 36.3 Å². The smallest absolute Gasteiger partial charge is 0.328 e. The van der Waals surface area contributed by atoms with Gasteiger partial charge in [0.25, 0.3) is 0 Å². The van der Waals surface area contributed by atoms with Gasteiger partial charge in [0.15, 0.2) is 0 Å². The van der Waals surface area contributed by atoms with Gasteiger partial charge < -0.3 is 9.52 Å². The molecule has 0 amide bonds. The van der Waals surface area contributed by atoms with E-state index in [4.69, 9.17) is 9.52 Å². The summed E-state index contributed by atoms with van der Waals surface area (Å²) in [7, 11) is 0. The van der Waals surface area contributed by atoms with Gasteiger partial charge in [-0.25, -0.2) is 4.79 Å². The van der Waals surface area contributed by atoms with Crippen molar-refractivity contribution in [3.8, 4) is 0 Å². The zero-order valence-electron chi connectivity index (χ0n) is 10.1. The molecule has 0 aliphatic heterocycles. The molecule has 2 aromatic rings. The maximum absolute atomic E-state index is 10.4. The summed E-state index contributed by atoms with van der Waals surface area (Å²) >= 11 is 1.76. The Labute approximate surface area is 113 Å². The lowest BCUT2D eigenvalue weighted by atomic mass is 9.88. The molecule has 1 aliphatic carbocycles. The molecule has 1 N–H and O–H groups in total. The number of aromatic nitrogens is 2. The molecule has 2 aromatic heterocycles. The van der Waals surface area contributed by atoms with Crippen LogP contribution in [-0.4, -0.2) is 21.3 Å². The number of hydrogen-bond donors (Lipinski definition) is 1. The Morgan fingerprint density at radius 3 is 3.26 bits per heavy atom. The fourth-order valence-corrected chi connectivity index (χ4v) is 3.33. The fourth-order valence-electron chi connectivity index (χ4n) is 2.34. The van der Waals surface area contributed by atoms with Crippen LogP contribution in [0.2, 0.25) is 0 Å². The number of rotatable bonds is 3. The first-order valence-corrected chi connectivity index (χ1v) is 6.92. The molecule has 1 atom stereocenters. The van der Waals surface area contributed by atoms with Crippen LogP contribution in [0.15, 0.2) is 21.9 Å². The van der Waals surface area contributed by atoms with Gasteiger partial charge in [-0.1, -0.05) is 0 Å². The molecule has 5 nitrogen and oxygen atoms in total. The van der Waals surface area contributed by atoms with Crippen LogP contribution in [0.25, 0.3) is 6.08 Å². The fraction of sp³-hybridized carbons (Fsp3) is 0.308. The molecule has 2 heterocycles. The predicted molar refractivity (Wildman–Crippen MR) is 70.1 cm³/mol. The quantitative estimate of drug-likeness (QED) is 0.872. The van der Waals surface area contributed by atoms with Crippen molar-refractivity contribution in [1.29, 1.82) is 0 Å². The molecule has 1 unspecified atom stereocenters. The topological polar surface area (TPSA) is 76.2 Å². The van der Waals surface area contributed by atoms with E-state index in [-0.39, 0.29) is 11.8 Å². The molecule has 3 rings (SSSR count). The second-order valence-corrected chi connectivity index (χ2v) is 5.39. The molecule has 0 saturated heterocycles. The van der Waals surface area contributed by atoms with E-state index in [2.05, 4.69) is 21.6 Å². The van der Waals surface area contributed by atoms with E-state index in [0.29, 0.717) is 5.89 Å². The van der Waals surface area contributed by atoms with Crippen molar-refractivity contribution in [2.75, 3.05) is 0 Å². The van der Waals surface area contributed by atoms with Crippen molar-refractivity contribution in [3.05, 3.63) is 39.7 Å². The van der Waals surface area contributed by atoms with Crippen LogP contribution in [0.3, 0.4) is 0 Å². The van der Waals surface area contributed by atoms with Gasteiger partial charge in [-0.3, -0.25) is 0 Å². The molecular weight excluding hydrogens is 264 g/mol. The highest BCUT2D eigenvalue weighted by atomic mass is 32.1. The molecule has 0 fully saturated rings. The molecule has 0 spiro atoms. The minimum atomic E-state index is -1.03. The maximum atomic E-state index is 10.4. The first kappa shape index (κ1) is 12.1. The summed E-state index contributed by atoms with van der Waals surface area (Å²) in [6, 6.07) is 2.11. The van der Waals surface area contributed by atoms with E-state index in [9.17, 15) is 4.79 Å². The Morgan fingerprint density at radius 2 is 2.42 bits per heavy atom. The van der Waals surface area contributed by atoms with Crippen LogP contribution >= 0.6 is 11.3 Å². The highest BCUT2D eigenvalue weighted by molar-refractivity contribution is 7.10. The molecule has 0 radical (unpaired) electrons. The maximum Gasteiger partial charge on any atom is 0.328 e. The van der Waals surface area contributed by atoms with Crippen LogP contribution in [0.1, 0.15) is 41.0 Å². The number of carbonyl (C=O) groups is 1. The number of fused-ring (bicyclic) bond motifs is 1. The molecule has 98 valence electrons. The first-order chi connectivity index (χ1) is 9.24. The van der Waals surface area contributed by atoms with E-state index in [1.807, 2.05) is 0 Å². The van der Waals surface area contributed by atoms with Crippen LogP contribution < -0.4 is 0 Å². The summed E-state index contributed by atoms with van der Waals surface area (Å²) in [5.74, 6) is -0.0730. The summed E-state index contributed by atoms with van der Waals surface area (Å²) in [5, 5.41) is 18.5. The summed E-state index contributed by atoms with van der Waals surface area (Å²) in [6.45, 7) is 0. The van der Waals surface area contributed by atoms with Gasteiger partial charge in [0.1, 0.15) is 0 Å². The summed E-state index contributed by atoms with van der Waals surface area (Å²) < 4.78 is 5.53. The van der Waals surface area contributed by atoms with Crippen LogP contribution in [-0.2, 0) is 11.2 Å². The predicted octanol–water partition coefficient (Wildman–Crippen LogP) is 2.70. The van der Waals surface area contributed by atoms with Gasteiger partial charge in [-0.15, -0.1) is 21.5 Å². The Hall–Kier alpha value is -1.95.